The Morgan fingerprint density at radius 2 is 2.19 bits per heavy atom. The first-order valence-electron chi connectivity index (χ1n) is 7.49. The molecular formula is C18H18N2S. The molecule has 2 nitrogen and oxygen atoms in total. The quantitative estimate of drug-likeness (QED) is 0.760. The third-order valence-electron chi connectivity index (χ3n) is 4.61. The number of aryl methyl sites for hydroxylation is 1. The van der Waals surface area contributed by atoms with Crippen LogP contribution in [0.5, 0.6) is 0 Å². The Kier molecular flexibility index (Phi) is 3.24. The minimum atomic E-state index is 0.0477. The van der Waals surface area contributed by atoms with Crippen LogP contribution in [0.25, 0.3) is 10.8 Å². The van der Waals surface area contributed by atoms with Crippen LogP contribution in [-0.4, -0.2) is 4.98 Å². The summed E-state index contributed by atoms with van der Waals surface area (Å²) in [6.07, 6.45) is 7.43. The van der Waals surface area contributed by atoms with Crippen molar-refractivity contribution in [1.29, 1.82) is 0 Å². The van der Waals surface area contributed by atoms with Gasteiger partial charge in [0, 0.05) is 34.6 Å². The summed E-state index contributed by atoms with van der Waals surface area (Å²) in [6, 6.07) is 10.8. The van der Waals surface area contributed by atoms with Gasteiger partial charge in [-0.1, -0.05) is 18.2 Å². The van der Waals surface area contributed by atoms with Gasteiger partial charge < -0.3 is 5.73 Å². The summed E-state index contributed by atoms with van der Waals surface area (Å²) in [5.41, 5.74) is 9.39. The molecule has 3 aromatic rings. The van der Waals surface area contributed by atoms with Crippen LogP contribution in [0.2, 0.25) is 0 Å². The standard InChI is InChI=1S/C18H18N2S/c19-18(14-5-2-6-17-13(14)8-10-21-17)15-4-1-3-12-7-9-20-11-16(12)15/h1,3-4,7-11,14,18H,2,5-6,19H2. The number of rotatable bonds is 2. The van der Waals surface area contributed by atoms with Gasteiger partial charge in [-0.3, -0.25) is 4.98 Å². The van der Waals surface area contributed by atoms with E-state index in [1.165, 1.54) is 46.0 Å². The van der Waals surface area contributed by atoms with Crippen molar-refractivity contribution in [2.45, 2.75) is 31.2 Å². The average Bonchev–Trinajstić information content (AvgIpc) is 3.02. The fourth-order valence-corrected chi connectivity index (χ4v) is 4.54. The first kappa shape index (κ1) is 13.0. The summed E-state index contributed by atoms with van der Waals surface area (Å²) < 4.78 is 0. The van der Waals surface area contributed by atoms with Crippen LogP contribution >= 0.6 is 11.3 Å². The Balaban J connectivity index is 1.80. The molecule has 2 aromatic heterocycles. The molecule has 0 amide bonds. The lowest BCUT2D eigenvalue weighted by molar-refractivity contribution is 0.481. The van der Waals surface area contributed by atoms with E-state index in [1.807, 2.05) is 23.7 Å². The maximum atomic E-state index is 6.69. The SMILES string of the molecule is NC(c1cccc2ccncc12)C1CCCc2sccc21. The molecule has 2 heterocycles. The predicted molar refractivity (Wildman–Crippen MR) is 88.7 cm³/mol. The molecule has 2 unspecified atom stereocenters. The van der Waals surface area contributed by atoms with E-state index in [2.05, 4.69) is 40.7 Å². The van der Waals surface area contributed by atoms with Gasteiger partial charge in [0.1, 0.15) is 0 Å². The second-order valence-corrected chi connectivity index (χ2v) is 6.77. The van der Waals surface area contributed by atoms with Gasteiger partial charge in [-0.2, -0.15) is 0 Å². The lowest BCUT2D eigenvalue weighted by Gasteiger charge is -2.29. The number of thiophene rings is 1. The van der Waals surface area contributed by atoms with Crippen LogP contribution in [-0.2, 0) is 6.42 Å². The van der Waals surface area contributed by atoms with Gasteiger partial charge >= 0.3 is 0 Å². The summed E-state index contributed by atoms with van der Waals surface area (Å²) in [7, 11) is 0. The Hall–Kier alpha value is -1.71. The zero-order valence-electron chi connectivity index (χ0n) is 11.8. The normalized spacial score (nSPS) is 19.4. The molecule has 0 saturated carbocycles. The summed E-state index contributed by atoms with van der Waals surface area (Å²) in [4.78, 5) is 5.81. The summed E-state index contributed by atoms with van der Waals surface area (Å²) in [5, 5.41) is 4.62. The Bertz CT molecular complexity index is 772. The zero-order chi connectivity index (χ0) is 14.2. The van der Waals surface area contributed by atoms with Crippen LogP contribution in [0.4, 0.5) is 0 Å². The Morgan fingerprint density at radius 1 is 1.24 bits per heavy atom. The van der Waals surface area contributed by atoms with Gasteiger partial charge in [0.2, 0.25) is 0 Å². The van der Waals surface area contributed by atoms with Gasteiger partial charge in [0.25, 0.3) is 0 Å². The first-order valence-corrected chi connectivity index (χ1v) is 8.37. The van der Waals surface area contributed by atoms with E-state index in [-0.39, 0.29) is 6.04 Å². The maximum Gasteiger partial charge on any atom is 0.0371 e. The average molecular weight is 294 g/mol. The second kappa shape index (κ2) is 5.24. The fraction of sp³-hybridized carbons (Fsp3) is 0.278. The highest BCUT2D eigenvalue weighted by Gasteiger charge is 2.28. The topological polar surface area (TPSA) is 38.9 Å². The molecule has 0 saturated heterocycles. The number of hydrogen-bond acceptors (Lipinski definition) is 3. The van der Waals surface area contributed by atoms with E-state index >= 15 is 0 Å². The molecule has 0 fully saturated rings. The molecule has 0 bridgehead atoms. The largest absolute Gasteiger partial charge is 0.323 e. The molecule has 1 aliphatic rings. The number of aromatic nitrogens is 1. The van der Waals surface area contributed by atoms with Crippen LogP contribution in [0.1, 0.15) is 40.8 Å². The van der Waals surface area contributed by atoms with Crippen molar-refractivity contribution < 1.29 is 0 Å². The number of hydrogen-bond donors (Lipinski definition) is 1. The highest BCUT2D eigenvalue weighted by Crippen LogP contribution is 2.42. The van der Waals surface area contributed by atoms with Crippen molar-refractivity contribution in [3.8, 4) is 0 Å². The first-order chi connectivity index (χ1) is 10.3. The molecule has 1 aliphatic carbocycles. The molecular weight excluding hydrogens is 276 g/mol. The van der Waals surface area contributed by atoms with E-state index in [1.54, 1.807) is 0 Å². The molecule has 1 aromatic carbocycles. The van der Waals surface area contributed by atoms with Crippen LogP contribution in [0.15, 0.2) is 48.1 Å². The lowest BCUT2D eigenvalue weighted by Crippen LogP contribution is -2.23. The van der Waals surface area contributed by atoms with E-state index < -0.39 is 0 Å². The van der Waals surface area contributed by atoms with Crippen molar-refractivity contribution in [2.75, 3.05) is 0 Å². The summed E-state index contributed by atoms with van der Waals surface area (Å²) >= 11 is 1.88. The summed E-state index contributed by atoms with van der Waals surface area (Å²) in [5.74, 6) is 0.436. The van der Waals surface area contributed by atoms with Gasteiger partial charge in [-0.15, -0.1) is 11.3 Å². The highest BCUT2D eigenvalue weighted by atomic mass is 32.1. The summed E-state index contributed by atoms with van der Waals surface area (Å²) in [6.45, 7) is 0. The van der Waals surface area contributed by atoms with E-state index in [0.29, 0.717) is 5.92 Å². The van der Waals surface area contributed by atoms with Crippen molar-refractivity contribution in [3.05, 3.63) is 64.1 Å². The van der Waals surface area contributed by atoms with E-state index in [0.717, 1.165) is 0 Å². The molecule has 2 N–H and O–H groups in total. The van der Waals surface area contributed by atoms with Gasteiger partial charge in [-0.25, -0.2) is 0 Å². The smallest absolute Gasteiger partial charge is 0.0371 e. The van der Waals surface area contributed by atoms with Crippen LogP contribution in [0.3, 0.4) is 0 Å². The zero-order valence-corrected chi connectivity index (χ0v) is 12.6. The molecule has 0 spiro atoms. The highest BCUT2D eigenvalue weighted by molar-refractivity contribution is 7.10. The van der Waals surface area contributed by atoms with Crippen molar-refractivity contribution in [3.63, 3.8) is 0 Å². The predicted octanol–water partition coefficient (Wildman–Crippen LogP) is 4.42. The Labute approximate surface area is 128 Å². The number of benzene rings is 1. The minimum Gasteiger partial charge on any atom is -0.323 e. The molecule has 0 radical (unpaired) electrons. The molecule has 3 heteroatoms. The number of pyridine rings is 1. The molecule has 2 atom stereocenters. The number of nitrogens with two attached hydrogens (primary N) is 1. The molecule has 106 valence electrons. The van der Waals surface area contributed by atoms with Gasteiger partial charge in [0.15, 0.2) is 0 Å². The van der Waals surface area contributed by atoms with Crippen molar-refractivity contribution in [2.24, 2.45) is 5.73 Å². The third kappa shape index (κ3) is 2.17. The van der Waals surface area contributed by atoms with Crippen LogP contribution in [0, 0.1) is 0 Å². The van der Waals surface area contributed by atoms with Crippen molar-refractivity contribution >= 4 is 22.1 Å². The van der Waals surface area contributed by atoms with Gasteiger partial charge in [-0.05, 0) is 53.3 Å². The number of fused-ring (bicyclic) bond motifs is 2. The molecule has 4 rings (SSSR count). The second-order valence-electron chi connectivity index (χ2n) is 5.77. The van der Waals surface area contributed by atoms with E-state index in [9.17, 15) is 0 Å². The molecule has 0 aliphatic heterocycles. The lowest BCUT2D eigenvalue weighted by atomic mass is 9.79. The van der Waals surface area contributed by atoms with Crippen LogP contribution < -0.4 is 5.73 Å². The fourth-order valence-electron chi connectivity index (χ4n) is 3.54. The van der Waals surface area contributed by atoms with Gasteiger partial charge in [0.05, 0.1) is 0 Å². The Morgan fingerprint density at radius 3 is 3.14 bits per heavy atom. The third-order valence-corrected chi connectivity index (χ3v) is 5.60. The van der Waals surface area contributed by atoms with Crippen molar-refractivity contribution in [1.82, 2.24) is 4.98 Å². The maximum absolute atomic E-state index is 6.69. The number of nitrogens with zero attached hydrogens (tertiary/aromatic N) is 1. The molecule has 21 heavy (non-hydrogen) atoms. The monoisotopic (exact) mass is 294 g/mol. The van der Waals surface area contributed by atoms with E-state index in [4.69, 9.17) is 5.73 Å². The minimum absolute atomic E-state index is 0.0477.